The lowest BCUT2D eigenvalue weighted by Crippen LogP contribution is -2.47. The van der Waals surface area contributed by atoms with Gasteiger partial charge in [0.2, 0.25) is 11.8 Å². The number of likely N-dealkylation sites (tertiary alicyclic amines) is 2. The van der Waals surface area contributed by atoms with Crippen molar-refractivity contribution in [2.24, 2.45) is 11.8 Å². The van der Waals surface area contributed by atoms with Gasteiger partial charge in [-0.25, -0.2) is 0 Å². The van der Waals surface area contributed by atoms with Gasteiger partial charge in [0.1, 0.15) is 0 Å². The summed E-state index contributed by atoms with van der Waals surface area (Å²) in [6.45, 7) is 5.95. The molecule has 2 aliphatic heterocycles. The third-order valence-electron chi connectivity index (χ3n) is 5.42. The van der Waals surface area contributed by atoms with Crippen LogP contribution in [-0.2, 0) is 9.59 Å². The van der Waals surface area contributed by atoms with Gasteiger partial charge in [-0.05, 0) is 56.8 Å². The van der Waals surface area contributed by atoms with Crippen molar-refractivity contribution >= 4 is 29.1 Å². The van der Waals surface area contributed by atoms with Crippen LogP contribution in [0.5, 0.6) is 0 Å². The lowest BCUT2D eigenvalue weighted by Gasteiger charge is -2.37. The van der Waals surface area contributed by atoms with Crippen molar-refractivity contribution in [3.05, 3.63) is 29.3 Å². The fraction of sp³-hybridized carbons (Fsp3) is 0.600. The highest BCUT2D eigenvalue weighted by Gasteiger charge is 2.30. The minimum atomic E-state index is -0.0623. The molecule has 0 saturated carbocycles. The molecular weight excluding hydrogens is 350 g/mol. The molecule has 2 amide bonds. The van der Waals surface area contributed by atoms with Crippen LogP contribution in [0.25, 0.3) is 0 Å². The molecule has 2 saturated heterocycles. The van der Waals surface area contributed by atoms with Gasteiger partial charge in [-0.2, -0.15) is 0 Å². The maximum absolute atomic E-state index is 12.7. The first-order valence-electron chi connectivity index (χ1n) is 9.58. The van der Waals surface area contributed by atoms with Crippen molar-refractivity contribution in [2.45, 2.75) is 32.6 Å². The summed E-state index contributed by atoms with van der Waals surface area (Å²) in [5.41, 5.74) is 0.642. The number of hydrogen-bond donors (Lipinski definition) is 1. The van der Waals surface area contributed by atoms with E-state index in [9.17, 15) is 9.59 Å². The molecule has 26 heavy (non-hydrogen) atoms. The van der Waals surface area contributed by atoms with Crippen LogP contribution in [0.2, 0.25) is 5.02 Å². The molecule has 0 bridgehead atoms. The molecular formula is C20H28ClN3O2. The van der Waals surface area contributed by atoms with E-state index < -0.39 is 0 Å². The zero-order chi connectivity index (χ0) is 18.5. The quantitative estimate of drug-likeness (QED) is 0.876. The minimum absolute atomic E-state index is 0.0623. The van der Waals surface area contributed by atoms with Crippen LogP contribution in [0.15, 0.2) is 24.3 Å². The third-order valence-corrected chi connectivity index (χ3v) is 5.75. The number of para-hydroxylation sites is 1. The normalized spacial score (nSPS) is 22.2. The Labute approximate surface area is 160 Å². The monoisotopic (exact) mass is 377 g/mol. The summed E-state index contributed by atoms with van der Waals surface area (Å²) in [6, 6.07) is 7.24. The highest BCUT2D eigenvalue weighted by molar-refractivity contribution is 6.33. The predicted octanol–water partition coefficient (Wildman–Crippen LogP) is 3.25. The summed E-state index contributed by atoms with van der Waals surface area (Å²) < 4.78 is 0. The number of amides is 2. The Kier molecular flexibility index (Phi) is 6.54. The van der Waals surface area contributed by atoms with E-state index in [2.05, 4.69) is 22.0 Å². The second-order valence-electron chi connectivity index (χ2n) is 7.61. The van der Waals surface area contributed by atoms with Gasteiger partial charge in [-0.15, -0.1) is 0 Å². The molecule has 2 aliphatic rings. The maximum atomic E-state index is 12.7. The number of hydrogen-bond acceptors (Lipinski definition) is 3. The van der Waals surface area contributed by atoms with Gasteiger partial charge < -0.3 is 10.2 Å². The van der Waals surface area contributed by atoms with E-state index in [-0.39, 0.29) is 11.8 Å². The second kappa shape index (κ2) is 8.87. The Bertz CT molecular complexity index is 644. The molecule has 1 N–H and O–H groups in total. The summed E-state index contributed by atoms with van der Waals surface area (Å²) in [6.07, 6.45) is 4.02. The number of piperidine rings is 2. The third kappa shape index (κ3) is 4.98. The Hall–Kier alpha value is -1.59. The zero-order valence-corrected chi connectivity index (χ0v) is 16.2. The molecule has 1 atom stereocenters. The first kappa shape index (κ1) is 19.2. The summed E-state index contributed by atoms with van der Waals surface area (Å²) >= 11 is 6.08. The van der Waals surface area contributed by atoms with Crippen molar-refractivity contribution in [3.63, 3.8) is 0 Å². The van der Waals surface area contributed by atoms with Crippen LogP contribution in [0.1, 0.15) is 32.6 Å². The minimum Gasteiger partial charge on any atom is -0.342 e. The number of nitrogens with one attached hydrogen (secondary N) is 1. The van der Waals surface area contributed by atoms with E-state index in [4.69, 9.17) is 11.6 Å². The predicted molar refractivity (Wildman–Crippen MR) is 104 cm³/mol. The van der Waals surface area contributed by atoms with Crippen LogP contribution < -0.4 is 5.32 Å². The van der Waals surface area contributed by atoms with E-state index >= 15 is 0 Å². The van der Waals surface area contributed by atoms with Crippen LogP contribution in [0.4, 0.5) is 5.69 Å². The van der Waals surface area contributed by atoms with Crippen molar-refractivity contribution in [3.8, 4) is 0 Å². The summed E-state index contributed by atoms with van der Waals surface area (Å²) in [5, 5.41) is 3.40. The molecule has 6 heteroatoms. The molecule has 0 radical (unpaired) electrons. The number of carbonyl (C=O) groups is 2. The fourth-order valence-corrected chi connectivity index (χ4v) is 4.12. The average molecular weight is 378 g/mol. The first-order chi connectivity index (χ1) is 12.5. The standard InChI is InChI=1S/C20H28ClN3O2/c1-15-5-4-10-24(13-15)20(26)16-8-11-23(12-9-16)14-19(25)22-18-7-3-2-6-17(18)21/h2-3,6-7,15-16H,4-5,8-14H2,1H3,(H,22,25)/t15-/m1/s1. The molecule has 0 aromatic heterocycles. The van der Waals surface area contributed by atoms with Crippen molar-refractivity contribution < 1.29 is 9.59 Å². The molecule has 2 heterocycles. The molecule has 1 aromatic rings. The Balaban J connectivity index is 1.44. The SMILES string of the molecule is C[C@@H]1CCCN(C(=O)C2CCN(CC(=O)Nc3ccccc3Cl)CC2)C1. The first-order valence-corrected chi connectivity index (χ1v) is 9.96. The number of anilines is 1. The van der Waals surface area contributed by atoms with E-state index in [1.165, 1.54) is 6.42 Å². The second-order valence-corrected chi connectivity index (χ2v) is 8.02. The topological polar surface area (TPSA) is 52.7 Å². The number of benzene rings is 1. The van der Waals surface area contributed by atoms with Gasteiger partial charge in [0, 0.05) is 19.0 Å². The molecule has 1 aromatic carbocycles. The van der Waals surface area contributed by atoms with Gasteiger partial charge in [0.05, 0.1) is 17.3 Å². The van der Waals surface area contributed by atoms with Crippen LogP contribution in [0, 0.1) is 11.8 Å². The van der Waals surface area contributed by atoms with E-state index in [1.807, 2.05) is 12.1 Å². The van der Waals surface area contributed by atoms with E-state index in [0.29, 0.717) is 29.1 Å². The van der Waals surface area contributed by atoms with Crippen molar-refractivity contribution in [1.82, 2.24) is 9.80 Å². The molecule has 2 fully saturated rings. The largest absolute Gasteiger partial charge is 0.342 e. The van der Waals surface area contributed by atoms with E-state index in [1.54, 1.807) is 12.1 Å². The van der Waals surface area contributed by atoms with Gasteiger partial charge in [-0.1, -0.05) is 30.7 Å². The molecule has 3 rings (SSSR count). The Morgan fingerprint density at radius 1 is 1.15 bits per heavy atom. The maximum Gasteiger partial charge on any atom is 0.238 e. The lowest BCUT2D eigenvalue weighted by molar-refractivity contribution is -0.138. The Morgan fingerprint density at radius 2 is 1.88 bits per heavy atom. The fourth-order valence-electron chi connectivity index (χ4n) is 3.94. The Morgan fingerprint density at radius 3 is 2.58 bits per heavy atom. The van der Waals surface area contributed by atoms with Crippen LogP contribution in [-0.4, -0.2) is 54.3 Å². The average Bonchev–Trinajstić information content (AvgIpc) is 2.64. The zero-order valence-electron chi connectivity index (χ0n) is 15.4. The van der Waals surface area contributed by atoms with Crippen LogP contribution in [0.3, 0.4) is 0 Å². The molecule has 0 aliphatic carbocycles. The van der Waals surface area contributed by atoms with Gasteiger partial charge >= 0.3 is 0 Å². The van der Waals surface area contributed by atoms with Crippen molar-refractivity contribution in [1.29, 1.82) is 0 Å². The highest BCUT2D eigenvalue weighted by Crippen LogP contribution is 2.24. The summed E-state index contributed by atoms with van der Waals surface area (Å²) in [5.74, 6) is 0.980. The number of carbonyl (C=O) groups excluding carboxylic acids is 2. The molecule has 142 valence electrons. The van der Waals surface area contributed by atoms with Gasteiger partial charge in [0.25, 0.3) is 0 Å². The summed E-state index contributed by atoms with van der Waals surface area (Å²) in [4.78, 5) is 29.1. The smallest absolute Gasteiger partial charge is 0.238 e. The van der Waals surface area contributed by atoms with Gasteiger partial charge in [-0.3, -0.25) is 14.5 Å². The van der Waals surface area contributed by atoms with Crippen LogP contribution >= 0.6 is 11.6 Å². The number of halogens is 1. The molecule has 5 nitrogen and oxygen atoms in total. The van der Waals surface area contributed by atoms with Crippen molar-refractivity contribution in [2.75, 3.05) is 38.0 Å². The van der Waals surface area contributed by atoms with Gasteiger partial charge in [0.15, 0.2) is 0 Å². The summed E-state index contributed by atoms with van der Waals surface area (Å²) in [7, 11) is 0. The molecule has 0 spiro atoms. The molecule has 0 unspecified atom stereocenters. The number of rotatable bonds is 4. The lowest BCUT2D eigenvalue weighted by atomic mass is 9.93. The number of nitrogens with zero attached hydrogens (tertiary/aromatic N) is 2. The van der Waals surface area contributed by atoms with E-state index in [0.717, 1.165) is 45.4 Å². The highest BCUT2D eigenvalue weighted by atomic mass is 35.5.